The normalized spacial score (nSPS) is 20.4. The summed E-state index contributed by atoms with van der Waals surface area (Å²) in [5, 5.41) is 11.5. The molecule has 0 saturated heterocycles. The Bertz CT molecular complexity index is 261. The summed E-state index contributed by atoms with van der Waals surface area (Å²) in [4.78, 5) is 22.2. The number of amides is 1. The van der Waals surface area contributed by atoms with Crippen LogP contribution in [-0.2, 0) is 14.3 Å². The van der Waals surface area contributed by atoms with Gasteiger partial charge in [0.15, 0.2) is 6.10 Å². The molecule has 5 heteroatoms. The molecule has 5 nitrogen and oxygen atoms in total. The van der Waals surface area contributed by atoms with Crippen molar-refractivity contribution in [3.8, 4) is 0 Å². The van der Waals surface area contributed by atoms with Crippen LogP contribution in [0.5, 0.6) is 0 Å². The fourth-order valence-electron chi connectivity index (χ4n) is 1.81. The molecule has 1 aliphatic carbocycles. The number of hydrogen-bond donors (Lipinski definition) is 2. The largest absolute Gasteiger partial charge is 0.479 e. The van der Waals surface area contributed by atoms with E-state index in [9.17, 15) is 9.59 Å². The first-order valence-electron chi connectivity index (χ1n) is 5.69. The summed E-state index contributed by atoms with van der Waals surface area (Å²) in [5.41, 5.74) is 0. The van der Waals surface area contributed by atoms with Gasteiger partial charge in [-0.05, 0) is 26.7 Å². The maximum absolute atomic E-state index is 11.6. The molecule has 1 fully saturated rings. The quantitative estimate of drug-likeness (QED) is 0.735. The minimum absolute atomic E-state index is 0.222. The van der Waals surface area contributed by atoms with Gasteiger partial charge < -0.3 is 15.2 Å². The Hall–Kier alpha value is -1.10. The van der Waals surface area contributed by atoms with Crippen molar-refractivity contribution in [3.05, 3.63) is 0 Å². The van der Waals surface area contributed by atoms with Crippen molar-refractivity contribution in [2.45, 2.75) is 57.8 Å². The van der Waals surface area contributed by atoms with E-state index in [-0.39, 0.29) is 11.9 Å². The van der Waals surface area contributed by atoms with E-state index in [1.807, 2.05) is 0 Å². The first-order chi connectivity index (χ1) is 7.50. The van der Waals surface area contributed by atoms with Gasteiger partial charge in [0.25, 0.3) is 0 Å². The van der Waals surface area contributed by atoms with E-state index in [1.54, 1.807) is 6.92 Å². The minimum atomic E-state index is -1.06. The molecule has 1 amide bonds. The number of nitrogens with one attached hydrogen (secondary N) is 1. The number of carboxylic acids is 1. The molecule has 92 valence electrons. The third-order valence-electron chi connectivity index (χ3n) is 2.83. The Kier molecular flexibility index (Phi) is 4.73. The average molecular weight is 229 g/mol. The molecule has 0 aromatic carbocycles. The highest BCUT2D eigenvalue weighted by Crippen LogP contribution is 2.17. The van der Waals surface area contributed by atoms with Gasteiger partial charge >= 0.3 is 5.97 Å². The summed E-state index contributed by atoms with van der Waals surface area (Å²) in [6, 6.07) is 0.235. The van der Waals surface area contributed by atoms with Crippen LogP contribution in [0, 0.1) is 0 Å². The van der Waals surface area contributed by atoms with Crippen molar-refractivity contribution >= 4 is 11.9 Å². The molecule has 0 spiro atoms. The van der Waals surface area contributed by atoms with Crippen LogP contribution in [0.4, 0.5) is 0 Å². The summed E-state index contributed by atoms with van der Waals surface area (Å²) in [7, 11) is 0. The average Bonchev–Trinajstić information content (AvgIpc) is 2.69. The van der Waals surface area contributed by atoms with E-state index in [2.05, 4.69) is 5.32 Å². The molecule has 1 saturated carbocycles. The lowest BCUT2D eigenvalue weighted by Crippen LogP contribution is -2.42. The Balaban J connectivity index is 2.32. The molecule has 0 aromatic heterocycles. The third-order valence-corrected chi connectivity index (χ3v) is 2.83. The highest BCUT2D eigenvalue weighted by Gasteiger charge is 2.24. The maximum Gasteiger partial charge on any atom is 0.332 e. The number of ether oxygens (including phenoxy) is 1. The van der Waals surface area contributed by atoms with Crippen molar-refractivity contribution in [2.75, 3.05) is 0 Å². The smallest absolute Gasteiger partial charge is 0.332 e. The molecule has 2 N–H and O–H groups in total. The second kappa shape index (κ2) is 5.84. The standard InChI is InChI=1S/C11H19NO4/c1-7(16-8(2)11(14)15)10(13)12-9-5-3-4-6-9/h7-9H,3-6H2,1-2H3,(H,12,13)(H,14,15)/t7?,8-/m0/s1. The van der Waals surface area contributed by atoms with Crippen LogP contribution in [0.25, 0.3) is 0 Å². The van der Waals surface area contributed by atoms with Crippen LogP contribution >= 0.6 is 0 Å². The van der Waals surface area contributed by atoms with Crippen molar-refractivity contribution in [2.24, 2.45) is 0 Å². The van der Waals surface area contributed by atoms with Gasteiger partial charge in [0.1, 0.15) is 6.10 Å². The molecule has 1 rings (SSSR count). The van der Waals surface area contributed by atoms with Crippen molar-refractivity contribution < 1.29 is 19.4 Å². The molecule has 16 heavy (non-hydrogen) atoms. The molecule has 0 radical (unpaired) electrons. The molecular formula is C11H19NO4. The Morgan fingerprint density at radius 2 is 1.81 bits per heavy atom. The monoisotopic (exact) mass is 229 g/mol. The van der Waals surface area contributed by atoms with Crippen molar-refractivity contribution in [1.29, 1.82) is 0 Å². The zero-order valence-electron chi connectivity index (χ0n) is 9.73. The molecule has 0 aromatic rings. The van der Waals surface area contributed by atoms with Crippen LogP contribution in [0.1, 0.15) is 39.5 Å². The molecule has 0 aliphatic heterocycles. The van der Waals surface area contributed by atoms with Crippen molar-refractivity contribution in [3.63, 3.8) is 0 Å². The Morgan fingerprint density at radius 1 is 1.25 bits per heavy atom. The lowest BCUT2D eigenvalue weighted by atomic mass is 10.2. The summed E-state index contributed by atoms with van der Waals surface area (Å²) in [5.74, 6) is -1.28. The van der Waals surface area contributed by atoms with E-state index in [0.29, 0.717) is 0 Å². The van der Waals surface area contributed by atoms with Crippen LogP contribution in [0.15, 0.2) is 0 Å². The fourth-order valence-corrected chi connectivity index (χ4v) is 1.81. The predicted octanol–water partition coefficient (Wildman–Crippen LogP) is 0.923. The number of aliphatic carboxylic acids is 1. The van der Waals surface area contributed by atoms with E-state index in [4.69, 9.17) is 9.84 Å². The molecule has 1 aliphatic rings. The topological polar surface area (TPSA) is 75.6 Å². The molecule has 1 unspecified atom stereocenters. The van der Waals surface area contributed by atoms with Crippen LogP contribution in [0.3, 0.4) is 0 Å². The number of hydrogen-bond acceptors (Lipinski definition) is 3. The molecular weight excluding hydrogens is 210 g/mol. The number of rotatable bonds is 5. The lowest BCUT2D eigenvalue weighted by molar-refractivity contribution is -0.155. The minimum Gasteiger partial charge on any atom is -0.479 e. The van der Waals surface area contributed by atoms with Crippen molar-refractivity contribution in [1.82, 2.24) is 5.32 Å². The summed E-state index contributed by atoms with van der Waals surface area (Å²) >= 11 is 0. The highest BCUT2D eigenvalue weighted by atomic mass is 16.5. The molecule has 0 bridgehead atoms. The van der Waals surface area contributed by atoms with Gasteiger partial charge in [-0.2, -0.15) is 0 Å². The van der Waals surface area contributed by atoms with Gasteiger partial charge in [0, 0.05) is 6.04 Å². The van der Waals surface area contributed by atoms with E-state index in [1.165, 1.54) is 6.92 Å². The highest BCUT2D eigenvalue weighted by molar-refractivity contribution is 5.81. The number of carboxylic acid groups (broad SMARTS) is 1. The zero-order chi connectivity index (χ0) is 12.1. The van der Waals surface area contributed by atoms with Gasteiger partial charge in [-0.25, -0.2) is 4.79 Å². The Labute approximate surface area is 95.2 Å². The Morgan fingerprint density at radius 3 is 2.31 bits per heavy atom. The summed E-state index contributed by atoms with van der Waals surface area (Å²) < 4.78 is 5.07. The van der Waals surface area contributed by atoms with Gasteiger partial charge in [0.2, 0.25) is 5.91 Å². The molecule has 2 atom stereocenters. The van der Waals surface area contributed by atoms with E-state index in [0.717, 1.165) is 25.7 Å². The SMILES string of the molecule is CC(O[C@@H](C)C(=O)O)C(=O)NC1CCCC1. The first-order valence-corrected chi connectivity index (χ1v) is 5.69. The first kappa shape index (κ1) is 13.0. The van der Waals surface area contributed by atoms with E-state index >= 15 is 0 Å². The summed E-state index contributed by atoms with van der Waals surface area (Å²) in [6.07, 6.45) is 2.63. The van der Waals surface area contributed by atoms with Crippen LogP contribution < -0.4 is 5.32 Å². The number of carbonyl (C=O) groups excluding carboxylic acids is 1. The van der Waals surface area contributed by atoms with Gasteiger partial charge in [-0.1, -0.05) is 12.8 Å². The predicted molar refractivity (Wildman–Crippen MR) is 58.0 cm³/mol. The van der Waals surface area contributed by atoms with Crippen LogP contribution in [-0.4, -0.2) is 35.2 Å². The molecule has 0 heterocycles. The third kappa shape index (κ3) is 3.81. The second-order valence-electron chi connectivity index (χ2n) is 4.25. The van der Waals surface area contributed by atoms with Crippen LogP contribution in [0.2, 0.25) is 0 Å². The lowest BCUT2D eigenvalue weighted by Gasteiger charge is -2.18. The van der Waals surface area contributed by atoms with Gasteiger partial charge in [-0.15, -0.1) is 0 Å². The van der Waals surface area contributed by atoms with E-state index < -0.39 is 18.2 Å². The van der Waals surface area contributed by atoms with Gasteiger partial charge in [0.05, 0.1) is 0 Å². The number of carbonyl (C=O) groups is 2. The summed E-state index contributed by atoms with van der Waals surface area (Å²) in [6.45, 7) is 2.99. The zero-order valence-corrected chi connectivity index (χ0v) is 9.73. The second-order valence-corrected chi connectivity index (χ2v) is 4.25. The maximum atomic E-state index is 11.6. The fraction of sp³-hybridized carbons (Fsp3) is 0.818. The van der Waals surface area contributed by atoms with Gasteiger partial charge in [-0.3, -0.25) is 4.79 Å².